The fraction of sp³-hybridized carbons (Fsp3) is 0.0667. The molecule has 0 amide bonds. The van der Waals surface area contributed by atoms with Gasteiger partial charge in [0.15, 0.2) is 0 Å². The minimum Gasteiger partial charge on any atom is -0.258 e. The van der Waals surface area contributed by atoms with Crippen LogP contribution in [0.5, 0.6) is 0 Å². The SMILES string of the molecule is O=[N+]([O-])c1ccc(Cl)nc1Cc1ccnc2ccccc12. The van der Waals surface area contributed by atoms with E-state index in [1.165, 1.54) is 12.1 Å². The number of fused-ring (bicyclic) bond motifs is 1. The van der Waals surface area contributed by atoms with Gasteiger partial charge in [0.05, 0.1) is 10.4 Å². The molecule has 0 N–H and O–H groups in total. The lowest BCUT2D eigenvalue weighted by molar-refractivity contribution is -0.385. The van der Waals surface area contributed by atoms with Crippen LogP contribution in [0.3, 0.4) is 0 Å². The van der Waals surface area contributed by atoms with Gasteiger partial charge in [0.25, 0.3) is 5.69 Å². The van der Waals surface area contributed by atoms with E-state index in [1.54, 1.807) is 6.20 Å². The number of nitrogens with zero attached hydrogens (tertiary/aromatic N) is 3. The van der Waals surface area contributed by atoms with Gasteiger partial charge >= 0.3 is 0 Å². The van der Waals surface area contributed by atoms with Crippen LogP contribution in [0.4, 0.5) is 5.69 Å². The van der Waals surface area contributed by atoms with E-state index < -0.39 is 4.92 Å². The molecule has 3 aromatic rings. The molecule has 0 atom stereocenters. The molecule has 2 aromatic heterocycles. The van der Waals surface area contributed by atoms with Gasteiger partial charge in [-0.15, -0.1) is 0 Å². The second kappa shape index (κ2) is 5.46. The summed E-state index contributed by atoms with van der Waals surface area (Å²) < 4.78 is 0. The molecule has 21 heavy (non-hydrogen) atoms. The second-order valence-electron chi connectivity index (χ2n) is 4.52. The molecule has 6 heteroatoms. The van der Waals surface area contributed by atoms with Crippen LogP contribution in [-0.4, -0.2) is 14.9 Å². The molecule has 0 spiro atoms. The Hall–Kier alpha value is -2.53. The molecule has 0 aliphatic heterocycles. The van der Waals surface area contributed by atoms with Gasteiger partial charge in [-0.05, 0) is 23.8 Å². The minimum absolute atomic E-state index is 0.0275. The predicted octanol–water partition coefficient (Wildman–Crippen LogP) is 3.78. The van der Waals surface area contributed by atoms with Crippen LogP contribution in [0.25, 0.3) is 10.9 Å². The van der Waals surface area contributed by atoms with Crippen molar-refractivity contribution in [2.45, 2.75) is 6.42 Å². The van der Waals surface area contributed by atoms with Crippen LogP contribution >= 0.6 is 11.6 Å². The van der Waals surface area contributed by atoms with Gasteiger partial charge in [0.1, 0.15) is 10.8 Å². The number of para-hydroxylation sites is 1. The summed E-state index contributed by atoms with van der Waals surface area (Å²) in [5.74, 6) is 0. The average Bonchev–Trinajstić information content (AvgIpc) is 2.47. The van der Waals surface area contributed by atoms with Crippen molar-refractivity contribution in [1.29, 1.82) is 0 Å². The summed E-state index contributed by atoms with van der Waals surface area (Å²) in [6.07, 6.45) is 2.02. The molecule has 2 heterocycles. The maximum Gasteiger partial charge on any atom is 0.291 e. The Kier molecular flexibility index (Phi) is 3.50. The van der Waals surface area contributed by atoms with Crippen molar-refractivity contribution >= 4 is 28.2 Å². The number of hydrogen-bond acceptors (Lipinski definition) is 4. The molecule has 5 nitrogen and oxygen atoms in total. The minimum atomic E-state index is -0.442. The van der Waals surface area contributed by atoms with Crippen molar-refractivity contribution in [2.24, 2.45) is 0 Å². The largest absolute Gasteiger partial charge is 0.291 e. The number of pyridine rings is 2. The lowest BCUT2D eigenvalue weighted by Gasteiger charge is -2.06. The molecule has 0 aliphatic rings. The first-order valence-electron chi connectivity index (χ1n) is 6.27. The molecular formula is C15H10ClN3O2. The quantitative estimate of drug-likeness (QED) is 0.419. The van der Waals surface area contributed by atoms with Crippen LogP contribution in [0.2, 0.25) is 5.15 Å². The van der Waals surface area contributed by atoms with Crippen molar-refractivity contribution in [1.82, 2.24) is 9.97 Å². The zero-order valence-electron chi connectivity index (χ0n) is 10.9. The third-order valence-corrected chi connectivity index (χ3v) is 3.42. The smallest absolute Gasteiger partial charge is 0.258 e. The van der Waals surface area contributed by atoms with Crippen molar-refractivity contribution < 1.29 is 4.92 Å². The van der Waals surface area contributed by atoms with Crippen molar-refractivity contribution in [2.75, 3.05) is 0 Å². The number of benzene rings is 1. The van der Waals surface area contributed by atoms with Crippen LogP contribution in [0.1, 0.15) is 11.3 Å². The monoisotopic (exact) mass is 299 g/mol. The van der Waals surface area contributed by atoms with E-state index in [2.05, 4.69) is 9.97 Å². The molecule has 1 aromatic carbocycles. The summed E-state index contributed by atoms with van der Waals surface area (Å²) >= 11 is 5.86. The first-order chi connectivity index (χ1) is 10.1. The van der Waals surface area contributed by atoms with E-state index in [-0.39, 0.29) is 10.8 Å². The zero-order chi connectivity index (χ0) is 14.8. The van der Waals surface area contributed by atoms with E-state index in [0.717, 1.165) is 16.5 Å². The predicted molar refractivity (Wildman–Crippen MR) is 80.5 cm³/mol. The van der Waals surface area contributed by atoms with E-state index >= 15 is 0 Å². The van der Waals surface area contributed by atoms with Gasteiger partial charge < -0.3 is 0 Å². The van der Waals surface area contributed by atoms with Gasteiger partial charge in [-0.3, -0.25) is 15.1 Å². The topological polar surface area (TPSA) is 68.9 Å². The number of nitro groups is 1. The highest BCUT2D eigenvalue weighted by Crippen LogP contribution is 2.25. The van der Waals surface area contributed by atoms with E-state index in [1.807, 2.05) is 30.3 Å². The van der Waals surface area contributed by atoms with Crippen molar-refractivity contribution in [3.63, 3.8) is 0 Å². The summed E-state index contributed by atoms with van der Waals surface area (Å²) in [5, 5.41) is 12.3. The second-order valence-corrected chi connectivity index (χ2v) is 4.91. The van der Waals surface area contributed by atoms with Gasteiger partial charge in [-0.1, -0.05) is 29.8 Å². The third kappa shape index (κ3) is 2.68. The fourth-order valence-electron chi connectivity index (χ4n) is 2.25. The summed E-state index contributed by atoms with van der Waals surface area (Å²) in [6.45, 7) is 0. The van der Waals surface area contributed by atoms with Crippen molar-refractivity contribution in [3.8, 4) is 0 Å². The Morgan fingerprint density at radius 2 is 1.95 bits per heavy atom. The molecule has 0 aliphatic carbocycles. The van der Waals surface area contributed by atoms with Gasteiger partial charge in [0, 0.05) is 24.1 Å². The number of aromatic nitrogens is 2. The zero-order valence-corrected chi connectivity index (χ0v) is 11.6. The Morgan fingerprint density at radius 3 is 2.76 bits per heavy atom. The standard InChI is InChI=1S/C15H10ClN3O2/c16-15-6-5-14(19(20)21)13(18-15)9-10-7-8-17-12-4-2-1-3-11(10)12/h1-8H,9H2. The van der Waals surface area contributed by atoms with Crippen molar-refractivity contribution in [3.05, 3.63) is 75.2 Å². The number of rotatable bonds is 3. The molecule has 104 valence electrons. The molecule has 0 bridgehead atoms. The molecule has 0 saturated heterocycles. The van der Waals surface area contributed by atoms with Crippen LogP contribution in [0, 0.1) is 10.1 Å². The normalized spacial score (nSPS) is 10.7. The summed E-state index contributed by atoms with van der Waals surface area (Å²) in [7, 11) is 0. The molecule has 0 radical (unpaired) electrons. The van der Waals surface area contributed by atoms with E-state index in [0.29, 0.717) is 12.1 Å². The lowest BCUT2D eigenvalue weighted by Crippen LogP contribution is -2.00. The third-order valence-electron chi connectivity index (χ3n) is 3.21. The summed E-state index contributed by atoms with van der Waals surface area (Å²) in [6, 6.07) is 12.3. The first-order valence-corrected chi connectivity index (χ1v) is 6.65. The van der Waals surface area contributed by atoms with Crippen LogP contribution in [0.15, 0.2) is 48.7 Å². The molecule has 0 unspecified atom stereocenters. The molecule has 0 saturated carbocycles. The molecule has 0 fully saturated rings. The van der Waals surface area contributed by atoms with Gasteiger partial charge in [0.2, 0.25) is 0 Å². The summed E-state index contributed by atoms with van der Waals surface area (Å²) in [4.78, 5) is 19.0. The average molecular weight is 300 g/mol. The van der Waals surface area contributed by atoms with E-state index in [4.69, 9.17) is 11.6 Å². The van der Waals surface area contributed by atoms with Gasteiger partial charge in [-0.25, -0.2) is 4.98 Å². The Morgan fingerprint density at radius 1 is 1.14 bits per heavy atom. The first kappa shape index (κ1) is 13.5. The van der Waals surface area contributed by atoms with E-state index in [9.17, 15) is 10.1 Å². The van der Waals surface area contributed by atoms with Crippen LogP contribution < -0.4 is 0 Å². The number of halogens is 1. The van der Waals surface area contributed by atoms with Crippen LogP contribution in [-0.2, 0) is 6.42 Å². The maximum atomic E-state index is 11.1. The highest BCUT2D eigenvalue weighted by Gasteiger charge is 2.17. The Bertz CT molecular complexity index is 831. The molecular weight excluding hydrogens is 290 g/mol. The summed E-state index contributed by atoms with van der Waals surface area (Å²) in [5.41, 5.74) is 2.10. The Balaban J connectivity index is 2.11. The maximum absolute atomic E-state index is 11.1. The fourth-order valence-corrected chi connectivity index (χ4v) is 2.42. The highest BCUT2D eigenvalue weighted by molar-refractivity contribution is 6.29. The lowest BCUT2D eigenvalue weighted by atomic mass is 10.0. The molecule has 3 rings (SSSR count). The highest BCUT2D eigenvalue weighted by atomic mass is 35.5. The Labute approximate surface area is 125 Å². The van der Waals surface area contributed by atoms with Gasteiger partial charge in [-0.2, -0.15) is 0 Å². The number of hydrogen-bond donors (Lipinski definition) is 0.